The van der Waals surface area contributed by atoms with Gasteiger partial charge in [-0.05, 0) is 29.4 Å². The van der Waals surface area contributed by atoms with E-state index in [1.54, 1.807) is 0 Å². The Kier molecular flexibility index (Phi) is 5.35. The lowest BCUT2D eigenvalue weighted by Crippen LogP contribution is -2.48. The van der Waals surface area contributed by atoms with Gasteiger partial charge in [-0.25, -0.2) is 4.79 Å². The van der Waals surface area contributed by atoms with Crippen molar-refractivity contribution < 1.29 is 14.6 Å². The van der Waals surface area contributed by atoms with Crippen molar-refractivity contribution in [2.24, 2.45) is 11.3 Å². The maximum absolute atomic E-state index is 12.4. The summed E-state index contributed by atoms with van der Waals surface area (Å²) in [6.07, 6.45) is 2.28. The second-order valence-corrected chi connectivity index (χ2v) is 8.36. The summed E-state index contributed by atoms with van der Waals surface area (Å²) in [5, 5.41) is 16.2. The number of urea groups is 1. The summed E-state index contributed by atoms with van der Waals surface area (Å²) >= 11 is 0. The molecule has 2 aliphatic rings. The predicted octanol–water partition coefficient (Wildman–Crippen LogP) is 2.79. The number of carbonyl (C=O) groups excluding carboxylic acids is 1. The van der Waals surface area contributed by atoms with Crippen molar-refractivity contribution in [3.8, 4) is 0 Å². The van der Waals surface area contributed by atoms with E-state index in [9.17, 15) is 9.90 Å². The Hall–Kier alpha value is -1.59. The first kappa shape index (κ1) is 18.2. The molecule has 3 rings (SSSR count). The fourth-order valence-electron chi connectivity index (χ4n) is 4.17. The van der Waals surface area contributed by atoms with Crippen LogP contribution in [0.2, 0.25) is 0 Å². The SMILES string of the molecule is CC(C)(C)C1OCCCC1CNC(=O)NC1c2ccccc2CC1O. The standard InChI is InChI=1S/C20H30N2O3/c1-20(2,3)18-14(8-6-10-25-18)12-21-19(24)22-17-15-9-5-4-7-13(15)11-16(17)23/h4-5,7,9,14,16-18,23H,6,8,10-12H2,1-3H3,(H2,21,22,24). The first-order chi connectivity index (χ1) is 11.9. The van der Waals surface area contributed by atoms with Gasteiger partial charge in [0.1, 0.15) is 0 Å². The minimum Gasteiger partial charge on any atom is -0.390 e. The van der Waals surface area contributed by atoms with Crippen LogP contribution in [-0.4, -0.2) is 36.5 Å². The summed E-state index contributed by atoms with van der Waals surface area (Å²) in [5.74, 6) is 0.320. The molecule has 1 aliphatic heterocycles. The topological polar surface area (TPSA) is 70.6 Å². The molecule has 0 saturated carbocycles. The quantitative estimate of drug-likeness (QED) is 0.788. The number of fused-ring (bicyclic) bond motifs is 1. The highest BCUT2D eigenvalue weighted by atomic mass is 16.5. The fraction of sp³-hybridized carbons (Fsp3) is 0.650. The minimum absolute atomic E-state index is 0.0594. The van der Waals surface area contributed by atoms with Gasteiger partial charge in [0.25, 0.3) is 0 Å². The molecule has 1 aliphatic carbocycles. The molecule has 0 spiro atoms. The van der Waals surface area contributed by atoms with Crippen molar-refractivity contribution in [2.75, 3.05) is 13.2 Å². The average Bonchev–Trinajstić information content (AvgIpc) is 2.88. The molecule has 1 aromatic carbocycles. The van der Waals surface area contributed by atoms with Crippen molar-refractivity contribution in [3.05, 3.63) is 35.4 Å². The van der Waals surface area contributed by atoms with Gasteiger partial charge < -0.3 is 20.5 Å². The number of amides is 2. The molecule has 1 heterocycles. The largest absolute Gasteiger partial charge is 0.390 e. The second-order valence-electron chi connectivity index (χ2n) is 8.36. The predicted molar refractivity (Wildman–Crippen MR) is 97.3 cm³/mol. The molecule has 138 valence electrons. The number of benzene rings is 1. The smallest absolute Gasteiger partial charge is 0.315 e. The van der Waals surface area contributed by atoms with Crippen molar-refractivity contribution in [2.45, 2.75) is 58.3 Å². The van der Waals surface area contributed by atoms with E-state index in [1.165, 1.54) is 0 Å². The summed E-state index contributed by atoms with van der Waals surface area (Å²) in [6.45, 7) is 7.94. The number of ether oxygens (including phenoxy) is 1. The number of rotatable bonds is 3. The number of hydrogen-bond acceptors (Lipinski definition) is 3. The van der Waals surface area contributed by atoms with Crippen LogP contribution in [-0.2, 0) is 11.2 Å². The second kappa shape index (κ2) is 7.34. The van der Waals surface area contributed by atoms with Crippen LogP contribution in [0.3, 0.4) is 0 Å². The summed E-state index contributed by atoms with van der Waals surface area (Å²) in [6, 6.07) is 7.32. The number of hydrogen-bond donors (Lipinski definition) is 3. The van der Waals surface area contributed by atoms with E-state index >= 15 is 0 Å². The Morgan fingerprint density at radius 3 is 2.84 bits per heavy atom. The molecule has 1 aromatic rings. The van der Waals surface area contributed by atoms with Crippen LogP contribution < -0.4 is 10.6 Å². The van der Waals surface area contributed by atoms with Crippen LogP contribution in [0.25, 0.3) is 0 Å². The molecular weight excluding hydrogens is 316 g/mol. The van der Waals surface area contributed by atoms with Gasteiger partial charge in [0, 0.05) is 25.5 Å². The van der Waals surface area contributed by atoms with Crippen LogP contribution in [0.1, 0.15) is 50.8 Å². The lowest BCUT2D eigenvalue weighted by Gasteiger charge is -2.40. The summed E-state index contributed by atoms with van der Waals surface area (Å²) in [5.41, 5.74) is 2.18. The molecule has 1 fully saturated rings. The molecule has 5 heteroatoms. The van der Waals surface area contributed by atoms with Gasteiger partial charge in [-0.2, -0.15) is 0 Å². The van der Waals surface area contributed by atoms with E-state index in [0.717, 1.165) is 30.6 Å². The lowest BCUT2D eigenvalue weighted by atomic mass is 9.78. The van der Waals surface area contributed by atoms with Gasteiger partial charge >= 0.3 is 6.03 Å². The van der Waals surface area contributed by atoms with E-state index in [2.05, 4.69) is 31.4 Å². The highest BCUT2D eigenvalue weighted by Gasteiger charge is 2.36. The van der Waals surface area contributed by atoms with Crippen molar-refractivity contribution in [1.29, 1.82) is 0 Å². The van der Waals surface area contributed by atoms with Crippen LogP contribution in [0.15, 0.2) is 24.3 Å². The molecule has 0 radical (unpaired) electrons. The van der Waals surface area contributed by atoms with Gasteiger partial charge in [0.15, 0.2) is 0 Å². The monoisotopic (exact) mass is 346 g/mol. The number of aliphatic hydroxyl groups excluding tert-OH is 1. The Labute approximate surface area is 150 Å². The molecule has 0 bridgehead atoms. The van der Waals surface area contributed by atoms with E-state index in [1.807, 2.05) is 24.3 Å². The lowest BCUT2D eigenvalue weighted by molar-refractivity contribution is -0.0838. The third-order valence-corrected chi connectivity index (χ3v) is 5.31. The summed E-state index contributed by atoms with van der Waals surface area (Å²) < 4.78 is 5.97. The average molecular weight is 346 g/mol. The molecule has 5 nitrogen and oxygen atoms in total. The molecule has 25 heavy (non-hydrogen) atoms. The van der Waals surface area contributed by atoms with Gasteiger partial charge in [0.2, 0.25) is 0 Å². The van der Waals surface area contributed by atoms with Crippen LogP contribution in [0.4, 0.5) is 4.79 Å². The van der Waals surface area contributed by atoms with Crippen molar-refractivity contribution in [1.82, 2.24) is 10.6 Å². The zero-order valence-electron chi connectivity index (χ0n) is 15.4. The van der Waals surface area contributed by atoms with Crippen molar-refractivity contribution >= 4 is 6.03 Å². The Morgan fingerprint density at radius 1 is 1.32 bits per heavy atom. The minimum atomic E-state index is -0.566. The molecule has 4 atom stereocenters. The van der Waals surface area contributed by atoms with E-state index in [0.29, 0.717) is 18.9 Å². The number of aliphatic hydroxyl groups is 1. The maximum Gasteiger partial charge on any atom is 0.315 e. The maximum atomic E-state index is 12.4. The molecule has 2 amide bonds. The van der Waals surface area contributed by atoms with Gasteiger partial charge in [-0.1, -0.05) is 45.0 Å². The Morgan fingerprint density at radius 2 is 2.08 bits per heavy atom. The van der Waals surface area contributed by atoms with E-state index in [4.69, 9.17) is 4.74 Å². The highest BCUT2D eigenvalue weighted by molar-refractivity contribution is 5.74. The Balaban J connectivity index is 1.56. The molecular formula is C20H30N2O3. The number of nitrogens with one attached hydrogen (secondary N) is 2. The first-order valence-electron chi connectivity index (χ1n) is 9.28. The van der Waals surface area contributed by atoms with Crippen LogP contribution >= 0.6 is 0 Å². The van der Waals surface area contributed by atoms with E-state index in [-0.39, 0.29) is 23.6 Å². The zero-order valence-corrected chi connectivity index (χ0v) is 15.4. The molecule has 4 unspecified atom stereocenters. The number of carbonyl (C=O) groups is 1. The first-order valence-corrected chi connectivity index (χ1v) is 9.28. The Bertz CT molecular complexity index is 611. The normalized spacial score (nSPS) is 29.1. The molecule has 3 N–H and O–H groups in total. The summed E-state index contributed by atoms with van der Waals surface area (Å²) in [7, 11) is 0. The molecule has 0 aromatic heterocycles. The third kappa shape index (κ3) is 4.15. The van der Waals surface area contributed by atoms with Gasteiger partial charge in [-0.3, -0.25) is 0 Å². The molecule has 1 saturated heterocycles. The fourth-order valence-corrected chi connectivity index (χ4v) is 4.17. The van der Waals surface area contributed by atoms with Crippen LogP contribution in [0, 0.1) is 11.3 Å². The van der Waals surface area contributed by atoms with E-state index < -0.39 is 6.10 Å². The summed E-state index contributed by atoms with van der Waals surface area (Å²) in [4.78, 5) is 12.4. The van der Waals surface area contributed by atoms with Crippen molar-refractivity contribution in [3.63, 3.8) is 0 Å². The van der Waals surface area contributed by atoms with Crippen LogP contribution in [0.5, 0.6) is 0 Å². The van der Waals surface area contributed by atoms with Gasteiger partial charge in [-0.15, -0.1) is 0 Å². The highest BCUT2D eigenvalue weighted by Crippen LogP contribution is 2.34. The third-order valence-electron chi connectivity index (χ3n) is 5.31. The van der Waals surface area contributed by atoms with Gasteiger partial charge in [0.05, 0.1) is 18.2 Å². The zero-order chi connectivity index (χ0) is 18.0.